The predicted octanol–water partition coefficient (Wildman–Crippen LogP) is 37.9. The summed E-state index contributed by atoms with van der Waals surface area (Å²) < 4.78 is 3.24. The van der Waals surface area contributed by atoms with Crippen LogP contribution in [0.1, 0.15) is 290 Å². The molecule has 0 radical (unpaired) electrons. The molecule has 6 aromatic heterocycles. The number of fused-ring (bicyclic) bond motifs is 3. The number of nitrogens with zero attached hydrogens (tertiary/aromatic N) is 6. The van der Waals surface area contributed by atoms with Gasteiger partial charge in [-0.05, 0) is 205 Å². The van der Waals surface area contributed by atoms with Crippen LogP contribution in [0.4, 0.5) is 0 Å². The number of pyridine rings is 3. The van der Waals surface area contributed by atoms with E-state index in [9.17, 15) is 15.3 Å². The first-order valence-electron chi connectivity index (χ1n) is 51.2. The van der Waals surface area contributed by atoms with Crippen molar-refractivity contribution in [1.82, 2.24) is 29.9 Å². The number of thiazole rings is 3. The fourth-order valence-electron chi connectivity index (χ4n) is 18.3. The van der Waals surface area contributed by atoms with Gasteiger partial charge in [-0.2, -0.15) is 0 Å². The van der Waals surface area contributed by atoms with E-state index in [0.29, 0.717) is 0 Å². The van der Waals surface area contributed by atoms with E-state index in [4.69, 9.17) is 29.9 Å². The Labute approximate surface area is 942 Å². The molecule has 0 amide bonds. The van der Waals surface area contributed by atoms with Crippen LogP contribution in [0.15, 0.2) is 261 Å². The summed E-state index contributed by atoms with van der Waals surface area (Å²) in [5.41, 5.74) is 37.4. The van der Waals surface area contributed by atoms with E-state index in [1.165, 1.54) is 77.9 Å². The normalized spacial score (nSPS) is 12.5. The molecule has 9 nitrogen and oxygen atoms in total. The number of phenols is 3. The quantitative estimate of drug-likeness (QED) is 0.102. The standard InChI is InChI=1S/2C46H51N2OS.C42H43N2OS.3Pt/c1-43(2,3)30-22-29(23-31(25-30)44(4,5)6)28-20-21-47-38(24-28)35-26-34(36(45(7,8)9)27-37(35)46(10,11)12)32-17-15-19-40-41(32)48-42(50-40)33-16-13-14-18-39(33)49;1-43(2,3)32-22-30(37-26-35(46(10,11)12)27-40-41(37)48-42(50-40)36-15-13-14-16-39(36)49)19-31(23-32)38-24-28(17-18-47-38)29-20-33(44(4,5)6)25-34(21-29)45(7,8)9;1-40(2,3)30-22-28(33-14-12-16-37-38(33)44-39(46-37)34-13-10-11-15-36(34)45)19-29(23-30)35-24-26(17-18-43-35)27-20-31(41(4,5)6)25-32(21-27)42(7,8)9;;;/h13-25,27,49H,1-12H3;13-18,20-27,49H,1-12H3;10-18,20-25,45H,1-9H3;;;/q3*-1;;;. The van der Waals surface area contributed by atoms with Crippen molar-refractivity contribution < 1.29 is 78.5 Å². The number of hydrogen-bond donors (Lipinski definition) is 3. The third-order valence-electron chi connectivity index (χ3n) is 27.7. The minimum Gasteiger partial charge on any atom is -0.507 e. The second-order valence-electron chi connectivity index (χ2n) is 51.0. The Kier molecular flexibility index (Phi) is 33.6. The molecule has 780 valence electrons. The van der Waals surface area contributed by atoms with Gasteiger partial charge < -0.3 is 15.3 Å². The van der Waals surface area contributed by atoms with Crippen LogP contribution in [0.2, 0.25) is 0 Å². The van der Waals surface area contributed by atoms with Crippen molar-refractivity contribution in [3.8, 4) is 149 Å². The molecule has 0 aliphatic heterocycles. The summed E-state index contributed by atoms with van der Waals surface area (Å²) >= 11 is 4.82. The Balaban J connectivity index is 0.000000185. The fourth-order valence-corrected chi connectivity index (χ4v) is 21.4. The number of phenolic OH excluding ortho intramolecular Hbond substituents is 3. The van der Waals surface area contributed by atoms with Crippen LogP contribution in [-0.2, 0) is 123 Å². The second kappa shape index (κ2) is 43.4. The largest absolute Gasteiger partial charge is 0.507 e. The number of rotatable bonds is 12. The van der Waals surface area contributed by atoms with Crippen LogP contribution in [-0.4, -0.2) is 45.2 Å². The molecule has 18 aromatic rings. The summed E-state index contributed by atoms with van der Waals surface area (Å²) in [4.78, 5) is 30.2. The molecule has 18 rings (SSSR count). The predicted molar refractivity (Wildman–Crippen MR) is 625 cm³/mol. The van der Waals surface area contributed by atoms with Gasteiger partial charge in [0.2, 0.25) is 0 Å². The van der Waals surface area contributed by atoms with Crippen molar-refractivity contribution in [2.45, 2.75) is 288 Å². The van der Waals surface area contributed by atoms with Crippen molar-refractivity contribution in [2.24, 2.45) is 0 Å². The van der Waals surface area contributed by atoms with Crippen LogP contribution in [0.3, 0.4) is 0 Å². The Bertz CT molecular complexity index is 7900. The smallest absolute Gasteiger partial charge is 0.127 e. The topological polar surface area (TPSA) is 138 Å². The van der Waals surface area contributed by atoms with Crippen LogP contribution >= 0.6 is 34.0 Å². The van der Waals surface area contributed by atoms with Crippen molar-refractivity contribution in [1.29, 1.82) is 0 Å². The number of aromatic nitrogens is 6. The van der Waals surface area contributed by atoms with Gasteiger partial charge in [0.25, 0.3) is 0 Å². The van der Waals surface area contributed by atoms with Gasteiger partial charge in [-0.3, -0.25) is 15.0 Å². The van der Waals surface area contributed by atoms with Gasteiger partial charge in [-0.1, -0.05) is 401 Å². The summed E-state index contributed by atoms with van der Waals surface area (Å²) in [6, 6.07) is 96.6. The number of benzene rings is 12. The molecule has 0 saturated heterocycles. The van der Waals surface area contributed by atoms with Crippen LogP contribution in [0.25, 0.3) is 163 Å². The van der Waals surface area contributed by atoms with Crippen LogP contribution < -0.4 is 0 Å². The first kappa shape index (κ1) is 115. The summed E-state index contributed by atoms with van der Waals surface area (Å²) in [7, 11) is 0. The zero-order chi connectivity index (χ0) is 106. The SMILES string of the molecule is CC(C)(C)c1cc(-c2cc(-c3cc(C(C)(C)C)cc(C(C)(C)C)c3)ccn2)[c-]c(-c2cc(C(C)(C)C)cc3sc(-c4ccccc4O)nc23)c1.CC(C)(C)c1cc(-c2cc(-c3cc(C(C)(C)C)cc(C(C)(C)C)c3)ccn2)[c-]c(-c2cccc3sc(-c4ccccc4O)nc23)c1.CC(C)(C)c1cc(-c2ccnc(-c3[c-]c(-c4cccc5sc(-c6ccccc6O)nc45)c(C(C)(C)C)cc3C(C)(C)C)c2)cc(C(C)(C)C)c1.[Pt].[Pt].[Pt]. The van der Waals surface area contributed by atoms with Gasteiger partial charge in [0.15, 0.2) is 0 Å². The Morgan fingerprint density at radius 2 is 0.477 bits per heavy atom. The third-order valence-corrected chi connectivity index (χ3v) is 30.8. The summed E-state index contributed by atoms with van der Waals surface area (Å²) in [6.45, 7) is 75.0. The van der Waals surface area contributed by atoms with Gasteiger partial charge in [0.05, 0.1) is 33.2 Å². The Morgan fingerprint density at radius 3 is 0.812 bits per heavy atom. The number of hydrogen-bond acceptors (Lipinski definition) is 12. The van der Waals surface area contributed by atoms with Gasteiger partial charge >= 0.3 is 0 Å². The van der Waals surface area contributed by atoms with E-state index in [0.717, 1.165) is 146 Å². The summed E-state index contributed by atoms with van der Waals surface area (Å²) in [5, 5.41) is 34.3. The average Bonchev–Trinajstić information content (AvgIpc) is 1.73. The Hall–Kier alpha value is -10.8. The fraction of sp³-hybridized carbons (Fsp3) is 0.328. The van der Waals surface area contributed by atoms with E-state index < -0.39 is 0 Å². The van der Waals surface area contributed by atoms with Gasteiger partial charge in [0.1, 0.15) is 32.3 Å². The second-order valence-corrected chi connectivity index (χ2v) is 54.1. The molecule has 0 spiro atoms. The minimum absolute atomic E-state index is 0. The molecule has 0 aliphatic carbocycles. The average molecular weight is 2570 g/mol. The van der Waals surface area contributed by atoms with Crippen LogP contribution in [0, 0.1) is 18.2 Å². The minimum atomic E-state index is -0.158. The van der Waals surface area contributed by atoms with Crippen molar-refractivity contribution in [3.63, 3.8) is 0 Å². The van der Waals surface area contributed by atoms with Gasteiger partial charge in [-0.25, -0.2) is 15.0 Å². The van der Waals surface area contributed by atoms with Crippen molar-refractivity contribution in [2.75, 3.05) is 0 Å². The Morgan fingerprint density at radius 1 is 0.208 bits per heavy atom. The van der Waals surface area contributed by atoms with Crippen molar-refractivity contribution >= 4 is 64.7 Å². The van der Waals surface area contributed by atoms with E-state index >= 15 is 0 Å². The molecule has 0 atom stereocenters. The van der Waals surface area contributed by atoms with E-state index in [-0.39, 0.29) is 140 Å². The molecule has 3 N–H and O–H groups in total. The zero-order valence-electron chi connectivity index (χ0n) is 93.0. The van der Waals surface area contributed by atoms with E-state index in [2.05, 4.69) is 417 Å². The van der Waals surface area contributed by atoms with Gasteiger partial charge in [0, 0.05) is 113 Å². The molecule has 0 aliphatic rings. The molecule has 15 heteroatoms. The molecule has 0 fully saturated rings. The molecule has 12 aromatic carbocycles. The van der Waals surface area contributed by atoms with Crippen LogP contribution in [0.5, 0.6) is 17.2 Å². The van der Waals surface area contributed by atoms with Gasteiger partial charge in [-0.15, -0.1) is 121 Å². The maximum absolute atomic E-state index is 10.7. The first-order valence-corrected chi connectivity index (χ1v) is 53.7. The summed E-state index contributed by atoms with van der Waals surface area (Å²) in [6.07, 6.45) is 5.80. The zero-order valence-corrected chi connectivity index (χ0v) is 102. The first-order chi connectivity index (χ1) is 68.0. The molecule has 149 heavy (non-hydrogen) atoms. The molecule has 0 unspecified atom stereocenters. The number of aromatic hydroxyl groups is 3. The molecular weight excluding hydrogens is 2420 g/mol. The maximum atomic E-state index is 10.7. The molecular formula is C134H145N6O3Pt3S3-3. The van der Waals surface area contributed by atoms with E-state index in [1.807, 2.05) is 73.2 Å². The molecule has 6 heterocycles. The molecule has 0 bridgehead atoms. The third kappa shape index (κ3) is 26.1. The maximum Gasteiger partial charge on any atom is 0.127 e. The van der Waals surface area contributed by atoms with E-state index in [1.54, 1.807) is 52.2 Å². The number of para-hydroxylation sites is 5. The molecule has 0 saturated carbocycles. The van der Waals surface area contributed by atoms with Crippen molar-refractivity contribution in [3.05, 3.63) is 341 Å². The monoisotopic (exact) mass is 2570 g/mol. The summed E-state index contributed by atoms with van der Waals surface area (Å²) in [5.74, 6) is 0.710.